The second-order valence-corrected chi connectivity index (χ2v) is 4.72. The van der Waals surface area contributed by atoms with Gasteiger partial charge in [0, 0.05) is 52.5 Å². The average molecular weight is 251 g/mol. The molecule has 1 aromatic rings. The van der Waals surface area contributed by atoms with Crippen LogP contribution < -0.4 is 5.73 Å². The number of aryl methyl sites for hydroxylation is 2. The Bertz CT molecular complexity index is 420. The number of nitrogens with two attached hydrogens (primary N) is 1. The van der Waals surface area contributed by atoms with Gasteiger partial charge in [-0.1, -0.05) is 0 Å². The van der Waals surface area contributed by atoms with Crippen molar-refractivity contribution in [2.45, 2.75) is 6.92 Å². The molecule has 100 valence electrons. The van der Waals surface area contributed by atoms with Gasteiger partial charge in [0.05, 0.1) is 11.3 Å². The van der Waals surface area contributed by atoms with Gasteiger partial charge in [0.1, 0.15) is 0 Å². The molecule has 6 nitrogen and oxygen atoms in total. The van der Waals surface area contributed by atoms with Crippen LogP contribution >= 0.6 is 0 Å². The number of hydrogen-bond acceptors (Lipinski definition) is 4. The van der Waals surface area contributed by atoms with E-state index in [0.717, 1.165) is 38.4 Å². The molecule has 2 rings (SSSR count). The highest BCUT2D eigenvalue weighted by Crippen LogP contribution is 2.11. The van der Waals surface area contributed by atoms with Crippen molar-refractivity contribution in [2.24, 2.45) is 12.8 Å². The lowest BCUT2D eigenvalue weighted by Gasteiger charge is -2.34. The maximum atomic E-state index is 12.3. The zero-order valence-electron chi connectivity index (χ0n) is 11.1. The van der Waals surface area contributed by atoms with E-state index in [-0.39, 0.29) is 5.91 Å². The molecule has 1 saturated heterocycles. The van der Waals surface area contributed by atoms with Crippen LogP contribution in [-0.4, -0.2) is 64.8 Å². The molecule has 0 spiro atoms. The largest absolute Gasteiger partial charge is 0.336 e. The lowest BCUT2D eigenvalue weighted by atomic mass is 10.2. The number of nitrogens with zero attached hydrogens (tertiary/aromatic N) is 4. The van der Waals surface area contributed by atoms with Gasteiger partial charge in [-0.15, -0.1) is 0 Å². The highest BCUT2D eigenvalue weighted by atomic mass is 16.2. The Balaban J connectivity index is 1.97. The molecule has 18 heavy (non-hydrogen) atoms. The van der Waals surface area contributed by atoms with E-state index in [1.54, 1.807) is 10.9 Å². The molecule has 1 aliphatic heterocycles. The van der Waals surface area contributed by atoms with Crippen molar-refractivity contribution in [1.82, 2.24) is 19.6 Å². The third kappa shape index (κ3) is 2.70. The first-order valence-corrected chi connectivity index (χ1v) is 6.33. The summed E-state index contributed by atoms with van der Waals surface area (Å²) in [7, 11) is 1.84. The molecule has 0 bridgehead atoms. The standard InChI is InChI=1S/C12H21N5O/c1-10-11(9-15(2)14-10)12(18)17-7-5-16(4-3-13)6-8-17/h9H,3-8,13H2,1-2H3. The number of carbonyl (C=O) groups excluding carboxylic acids is 1. The fraction of sp³-hybridized carbons (Fsp3) is 0.667. The fourth-order valence-corrected chi connectivity index (χ4v) is 2.34. The van der Waals surface area contributed by atoms with Crippen LogP contribution in [0.2, 0.25) is 0 Å². The number of aromatic nitrogens is 2. The Labute approximate surface area is 107 Å². The van der Waals surface area contributed by atoms with Crippen LogP contribution in [0.5, 0.6) is 0 Å². The third-order valence-corrected chi connectivity index (χ3v) is 3.35. The van der Waals surface area contributed by atoms with Crippen LogP contribution in [0.1, 0.15) is 16.1 Å². The molecule has 1 fully saturated rings. The first-order chi connectivity index (χ1) is 8.61. The van der Waals surface area contributed by atoms with Crippen molar-refractivity contribution < 1.29 is 4.79 Å². The molecule has 0 saturated carbocycles. The predicted molar refractivity (Wildman–Crippen MR) is 69.3 cm³/mol. The lowest BCUT2D eigenvalue weighted by Crippen LogP contribution is -2.49. The summed E-state index contributed by atoms with van der Waals surface area (Å²) < 4.78 is 1.69. The van der Waals surface area contributed by atoms with Crippen LogP contribution in [0, 0.1) is 6.92 Å². The Hall–Kier alpha value is -1.40. The SMILES string of the molecule is Cc1nn(C)cc1C(=O)N1CCN(CCN)CC1. The molecular formula is C12H21N5O. The number of rotatable bonds is 3. The minimum Gasteiger partial charge on any atom is -0.336 e. The van der Waals surface area contributed by atoms with Crippen molar-refractivity contribution in [2.75, 3.05) is 39.3 Å². The van der Waals surface area contributed by atoms with Crippen molar-refractivity contribution in [3.05, 3.63) is 17.5 Å². The summed E-state index contributed by atoms with van der Waals surface area (Å²) in [5.41, 5.74) is 7.05. The fourth-order valence-electron chi connectivity index (χ4n) is 2.34. The highest BCUT2D eigenvalue weighted by molar-refractivity contribution is 5.95. The quantitative estimate of drug-likeness (QED) is 0.782. The number of carbonyl (C=O) groups is 1. The molecule has 1 aromatic heterocycles. The Morgan fingerprint density at radius 2 is 2.06 bits per heavy atom. The van der Waals surface area contributed by atoms with Crippen LogP contribution in [-0.2, 0) is 7.05 Å². The molecule has 2 heterocycles. The second-order valence-electron chi connectivity index (χ2n) is 4.72. The summed E-state index contributed by atoms with van der Waals surface area (Å²) in [5.74, 6) is 0.0907. The van der Waals surface area contributed by atoms with E-state index < -0.39 is 0 Å². The molecule has 2 N–H and O–H groups in total. The smallest absolute Gasteiger partial charge is 0.257 e. The van der Waals surface area contributed by atoms with E-state index >= 15 is 0 Å². The van der Waals surface area contributed by atoms with Gasteiger partial charge in [-0.2, -0.15) is 5.10 Å². The zero-order valence-corrected chi connectivity index (χ0v) is 11.1. The van der Waals surface area contributed by atoms with Gasteiger partial charge in [-0.05, 0) is 6.92 Å². The Morgan fingerprint density at radius 1 is 1.39 bits per heavy atom. The first-order valence-electron chi connectivity index (χ1n) is 6.33. The van der Waals surface area contributed by atoms with E-state index in [0.29, 0.717) is 12.1 Å². The zero-order chi connectivity index (χ0) is 13.1. The molecule has 0 aromatic carbocycles. The van der Waals surface area contributed by atoms with Gasteiger partial charge in [0.25, 0.3) is 5.91 Å². The van der Waals surface area contributed by atoms with Crippen molar-refractivity contribution in [3.63, 3.8) is 0 Å². The molecule has 0 radical (unpaired) electrons. The van der Waals surface area contributed by atoms with Crippen molar-refractivity contribution in [3.8, 4) is 0 Å². The number of amides is 1. The van der Waals surface area contributed by atoms with Crippen LogP contribution in [0.3, 0.4) is 0 Å². The molecular weight excluding hydrogens is 230 g/mol. The van der Waals surface area contributed by atoms with Gasteiger partial charge < -0.3 is 10.6 Å². The first kappa shape index (κ1) is 13.0. The van der Waals surface area contributed by atoms with Crippen LogP contribution in [0.4, 0.5) is 0 Å². The van der Waals surface area contributed by atoms with Gasteiger partial charge in [0.15, 0.2) is 0 Å². The molecule has 0 aliphatic carbocycles. The summed E-state index contributed by atoms with van der Waals surface area (Å²) >= 11 is 0. The predicted octanol–water partition coefficient (Wildman–Crippen LogP) is -0.555. The molecule has 0 atom stereocenters. The van der Waals surface area contributed by atoms with Gasteiger partial charge >= 0.3 is 0 Å². The monoisotopic (exact) mass is 251 g/mol. The number of hydrogen-bond donors (Lipinski definition) is 1. The summed E-state index contributed by atoms with van der Waals surface area (Å²) in [5, 5.41) is 4.21. The van der Waals surface area contributed by atoms with Gasteiger partial charge in [-0.3, -0.25) is 14.4 Å². The minimum atomic E-state index is 0.0907. The van der Waals surface area contributed by atoms with Crippen molar-refractivity contribution in [1.29, 1.82) is 0 Å². The molecule has 0 unspecified atom stereocenters. The molecule has 1 amide bonds. The maximum Gasteiger partial charge on any atom is 0.257 e. The van der Waals surface area contributed by atoms with E-state index in [4.69, 9.17) is 5.73 Å². The van der Waals surface area contributed by atoms with E-state index in [1.165, 1.54) is 0 Å². The Kier molecular flexibility index (Phi) is 3.98. The van der Waals surface area contributed by atoms with E-state index in [9.17, 15) is 4.79 Å². The summed E-state index contributed by atoms with van der Waals surface area (Å²) in [6.45, 7) is 6.81. The van der Waals surface area contributed by atoms with Gasteiger partial charge in [0.2, 0.25) is 0 Å². The Morgan fingerprint density at radius 3 is 2.56 bits per heavy atom. The van der Waals surface area contributed by atoms with Gasteiger partial charge in [-0.25, -0.2) is 0 Å². The summed E-state index contributed by atoms with van der Waals surface area (Å²) in [6.07, 6.45) is 1.80. The summed E-state index contributed by atoms with van der Waals surface area (Å²) in [4.78, 5) is 16.5. The van der Waals surface area contributed by atoms with E-state index in [2.05, 4.69) is 10.00 Å². The van der Waals surface area contributed by atoms with Crippen molar-refractivity contribution >= 4 is 5.91 Å². The van der Waals surface area contributed by atoms with E-state index in [1.807, 2.05) is 18.9 Å². The van der Waals surface area contributed by atoms with Crippen LogP contribution in [0.25, 0.3) is 0 Å². The highest BCUT2D eigenvalue weighted by Gasteiger charge is 2.23. The topological polar surface area (TPSA) is 67.4 Å². The lowest BCUT2D eigenvalue weighted by molar-refractivity contribution is 0.0640. The van der Waals surface area contributed by atoms with Crippen LogP contribution in [0.15, 0.2) is 6.20 Å². The second kappa shape index (κ2) is 5.49. The minimum absolute atomic E-state index is 0.0907. The molecule has 6 heteroatoms. The normalized spacial score (nSPS) is 17.2. The summed E-state index contributed by atoms with van der Waals surface area (Å²) in [6, 6.07) is 0. The number of piperazine rings is 1. The third-order valence-electron chi connectivity index (χ3n) is 3.35. The average Bonchev–Trinajstić information content (AvgIpc) is 2.69. The maximum absolute atomic E-state index is 12.3. The molecule has 1 aliphatic rings.